The van der Waals surface area contributed by atoms with Gasteiger partial charge in [0.1, 0.15) is 0 Å². The van der Waals surface area contributed by atoms with Gasteiger partial charge in [0.25, 0.3) is 11.6 Å². The molecule has 2 aromatic carbocycles. The van der Waals surface area contributed by atoms with E-state index in [2.05, 4.69) is 5.32 Å². The van der Waals surface area contributed by atoms with Crippen molar-refractivity contribution in [2.75, 3.05) is 0 Å². The lowest BCUT2D eigenvalue weighted by atomic mass is 10.1. The highest BCUT2D eigenvalue weighted by atomic mass is 35.5. The first-order valence-corrected chi connectivity index (χ1v) is 8.65. The number of nitrogens with zero attached hydrogens (tertiary/aromatic N) is 1. The fourth-order valence-electron chi connectivity index (χ4n) is 2.29. The molecule has 0 saturated carbocycles. The van der Waals surface area contributed by atoms with Crippen molar-refractivity contribution in [3.05, 3.63) is 73.8 Å². The molecule has 0 radical (unpaired) electrons. The number of hydrogen-bond donors (Lipinski definition) is 1. The van der Waals surface area contributed by atoms with Gasteiger partial charge in [-0.1, -0.05) is 35.3 Å². The molecule has 0 aliphatic rings. The molecule has 2 rings (SSSR count). The highest BCUT2D eigenvalue weighted by Gasteiger charge is 2.22. The Morgan fingerprint density at radius 2 is 1.85 bits per heavy atom. The zero-order valence-electron chi connectivity index (χ0n) is 14.4. The first-order chi connectivity index (χ1) is 12.7. The number of rotatable bonds is 6. The van der Waals surface area contributed by atoms with Crippen LogP contribution in [0.25, 0.3) is 0 Å². The summed E-state index contributed by atoms with van der Waals surface area (Å²) in [6.45, 7) is 3.13. The number of hydrogen-bond acceptors (Lipinski definition) is 5. The number of ether oxygens (including phenoxy) is 1. The third kappa shape index (κ3) is 5.42. The Morgan fingerprint density at radius 1 is 1.15 bits per heavy atom. The number of nitro groups is 1. The summed E-state index contributed by atoms with van der Waals surface area (Å²) in [5, 5.41) is 14.3. The van der Waals surface area contributed by atoms with Crippen molar-refractivity contribution in [3.63, 3.8) is 0 Å². The molecule has 9 heteroatoms. The van der Waals surface area contributed by atoms with E-state index in [-0.39, 0.29) is 11.3 Å². The molecular formula is C18H16Cl2N2O5. The van der Waals surface area contributed by atoms with Crippen molar-refractivity contribution >= 4 is 40.8 Å². The second-order valence-corrected chi connectivity index (χ2v) is 6.59. The fourth-order valence-corrected chi connectivity index (χ4v) is 2.86. The topological polar surface area (TPSA) is 98.5 Å². The molecule has 1 amide bonds. The van der Waals surface area contributed by atoms with E-state index < -0.39 is 28.9 Å². The van der Waals surface area contributed by atoms with Crippen molar-refractivity contribution in [1.82, 2.24) is 5.32 Å². The normalized spacial score (nSPS) is 12.7. The Morgan fingerprint density at radius 3 is 2.48 bits per heavy atom. The number of esters is 1. The minimum absolute atomic E-state index is 0.0161. The zero-order valence-corrected chi connectivity index (χ0v) is 16.0. The summed E-state index contributed by atoms with van der Waals surface area (Å²) in [5.41, 5.74) is 0.400. The van der Waals surface area contributed by atoms with Crippen LogP contribution in [0.4, 0.5) is 5.69 Å². The Kier molecular flexibility index (Phi) is 6.76. The van der Waals surface area contributed by atoms with Crippen LogP contribution < -0.4 is 5.32 Å². The number of halogens is 2. The monoisotopic (exact) mass is 410 g/mol. The summed E-state index contributed by atoms with van der Waals surface area (Å²) in [5.74, 6) is -1.37. The Bertz CT molecular complexity index is 888. The maximum Gasteiger partial charge on any atom is 0.339 e. The molecule has 0 bridgehead atoms. The lowest BCUT2D eigenvalue weighted by Gasteiger charge is -2.19. The molecule has 0 aliphatic carbocycles. The van der Waals surface area contributed by atoms with Crippen molar-refractivity contribution in [1.29, 1.82) is 0 Å². The summed E-state index contributed by atoms with van der Waals surface area (Å²) in [6.07, 6.45) is -1.11. The maximum atomic E-state index is 12.3. The van der Waals surface area contributed by atoms with Crippen molar-refractivity contribution in [2.24, 2.45) is 0 Å². The van der Waals surface area contributed by atoms with E-state index in [0.717, 1.165) is 6.07 Å². The Hall–Kier alpha value is -2.64. The standard InChI is InChI=1S/C18H16Cl2N2O5/c1-10(15-7-6-13(19)9-16(15)20)21-17(23)11(2)27-18(24)12-4-3-5-14(8-12)22(25)26/h3-11H,1-2H3,(H,21,23)/t10-,11-/m0/s1. The van der Waals surface area contributed by atoms with Crippen molar-refractivity contribution in [2.45, 2.75) is 26.0 Å². The van der Waals surface area contributed by atoms with Gasteiger partial charge in [-0.2, -0.15) is 0 Å². The molecule has 142 valence electrons. The van der Waals surface area contributed by atoms with Gasteiger partial charge in [0.15, 0.2) is 6.10 Å². The van der Waals surface area contributed by atoms with Crippen LogP contribution >= 0.6 is 23.2 Å². The van der Waals surface area contributed by atoms with Crippen LogP contribution in [0.5, 0.6) is 0 Å². The summed E-state index contributed by atoms with van der Waals surface area (Å²) >= 11 is 12.0. The average molecular weight is 411 g/mol. The van der Waals surface area contributed by atoms with Gasteiger partial charge in [0.2, 0.25) is 0 Å². The van der Waals surface area contributed by atoms with Gasteiger partial charge in [-0.25, -0.2) is 4.79 Å². The minimum Gasteiger partial charge on any atom is -0.449 e. The van der Waals surface area contributed by atoms with Crippen LogP contribution in [-0.2, 0) is 9.53 Å². The molecule has 0 unspecified atom stereocenters. The number of benzene rings is 2. The lowest BCUT2D eigenvalue weighted by molar-refractivity contribution is -0.384. The highest BCUT2D eigenvalue weighted by Crippen LogP contribution is 2.26. The molecular weight excluding hydrogens is 395 g/mol. The second-order valence-electron chi connectivity index (χ2n) is 5.75. The van der Waals surface area contributed by atoms with E-state index in [1.165, 1.54) is 25.1 Å². The Labute approximate surface area is 165 Å². The van der Waals surface area contributed by atoms with Gasteiger partial charge in [-0.05, 0) is 37.6 Å². The van der Waals surface area contributed by atoms with E-state index in [1.807, 2.05) is 0 Å². The van der Waals surface area contributed by atoms with E-state index >= 15 is 0 Å². The van der Waals surface area contributed by atoms with Gasteiger partial charge in [0, 0.05) is 22.2 Å². The first-order valence-electron chi connectivity index (χ1n) is 7.89. The highest BCUT2D eigenvalue weighted by molar-refractivity contribution is 6.35. The Balaban J connectivity index is 2.01. The van der Waals surface area contributed by atoms with E-state index in [9.17, 15) is 19.7 Å². The van der Waals surface area contributed by atoms with Gasteiger partial charge < -0.3 is 10.1 Å². The number of carbonyl (C=O) groups is 2. The number of nitrogens with one attached hydrogen (secondary N) is 1. The van der Waals surface area contributed by atoms with Crippen molar-refractivity contribution in [3.8, 4) is 0 Å². The molecule has 1 N–H and O–H groups in total. The van der Waals surface area contributed by atoms with E-state index in [1.54, 1.807) is 25.1 Å². The third-order valence-corrected chi connectivity index (χ3v) is 4.30. The van der Waals surface area contributed by atoms with Gasteiger partial charge in [-0.15, -0.1) is 0 Å². The zero-order chi connectivity index (χ0) is 20.1. The third-order valence-electron chi connectivity index (χ3n) is 3.73. The van der Waals surface area contributed by atoms with Crippen LogP contribution in [0.1, 0.15) is 35.8 Å². The molecule has 0 aromatic heterocycles. The summed E-state index contributed by atoms with van der Waals surface area (Å²) < 4.78 is 5.09. The molecule has 7 nitrogen and oxygen atoms in total. The predicted octanol–water partition coefficient (Wildman–Crippen LogP) is 4.32. The molecule has 0 heterocycles. The lowest BCUT2D eigenvalue weighted by Crippen LogP contribution is -2.37. The largest absolute Gasteiger partial charge is 0.449 e. The molecule has 27 heavy (non-hydrogen) atoms. The van der Waals surface area contributed by atoms with Gasteiger partial charge in [-0.3, -0.25) is 14.9 Å². The number of amides is 1. The molecule has 2 aromatic rings. The van der Waals surface area contributed by atoms with Crippen molar-refractivity contribution < 1.29 is 19.2 Å². The van der Waals surface area contributed by atoms with Crippen LogP contribution in [0.15, 0.2) is 42.5 Å². The van der Waals surface area contributed by atoms with E-state index in [4.69, 9.17) is 27.9 Å². The van der Waals surface area contributed by atoms with Crippen LogP contribution in [-0.4, -0.2) is 22.9 Å². The summed E-state index contributed by atoms with van der Waals surface area (Å²) in [4.78, 5) is 34.6. The number of nitro benzene ring substituents is 1. The number of non-ortho nitro benzene ring substituents is 1. The summed E-state index contributed by atoms with van der Waals surface area (Å²) in [6, 6.07) is 9.54. The number of carbonyl (C=O) groups excluding carboxylic acids is 2. The van der Waals surface area contributed by atoms with Gasteiger partial charge in [0.05, 0.1) is 16.5 Å². The molecule has 0 fully saturated rings. The second kappa shape index (κ2) is 8.83. The molecule has 2 atom stereocenters. The quantitative estimate of drug-likeness (QED) is 0.434. The fraction of sp³-hybridized carbons (Fsp3) is 0.222. The minimum atomic E-state index is -1.11. The van der Waals surface area contributed by atoms with Gasteiger partial charge >= 0.3 is 5.97 Å². The molecule has 0 aliphatic heterocycles. The summed E-state index contributed by atoms with van der Waals surface area (Å²) in [7, 11) is 0. The first kappa shape index (κ1) is 20.7. The smallest absolute Gasteiger partial charge is 0.339 e. The van der Waals surface area contributed by atoms with Crippen LogP contribution in [0, 0.1) is 10.1 Å². The maximum absolute atomic E-state index is 12.3. The SMILES string of the molecule is C[C@H](OC(=O)c1cccc([N+](=O)[O-])c1)C(=O)N[C@@H](C)c1ccc(Cl)cc1Cl. The molecule has 0 spiro atoms. The van der Waals surface area contributed by atoms with Crippen LogP contribution in [0.3, 0.4) is 0 Å². The van der Waals surface area contributed by atoms with Crippen LogP contribution in [0.2, 0.25) is 10.0 Å². The molecule has 0 saturated heterocycles. The van der Waals surface area contributed by atoms with E-state index in [0.29, 0.717) is 15.6 Å². The average Bonchev–Trinajstić information content (AvgIpc) is 2.61. The predicted molar refractivity (Wildman–Crippen MR) is 101 cm³/mol.